The number of nitrogens with one attached hydrogen (secondary N) is 1. The Balaban J connectivity index is 1.64. The van der Waals surface area contributed by atoms with E-state index in [4.69, 9.17) is 4.52 Å². The molecular weight excluding hydrogens is 290 g/mol. The second-order valence-electron chi connectivity index (χ2n) is 6.09. The van der Waals surface area contributed by atoms with Crippen LogP contribution < -0.4 is 5.32 Å². The molecule has 1 saturated heterocycles. The summed E-state index contributed by atoms with van der Waals surface area (Å²) >= 11 is 0. The van der Waals surface area contributed by atoms with Crippen LogP contribution in [0.5, 0.6) is 0 Å². The molecule has 5 heteroatoms. The predicted octanol–water partition coefficient (Wildman–Crippen LogP) is 3.46. The topological polar surface area (TPSA) is 58.4 Å². The van der Waals surface area contributed by atoms with E-state index in [1.54, 1.807) is 0 Å². The van der Waals surface area contributed by atoms with E-state index in [0.29, 0.717) is 12.4 Å². The number of hydrogen-bond donors (Lipinski definition) is 1. The van der Waals surface area contributed by atoms with Crippen molar-refractivity contribution in [2.45, 2.75) is 32.6 Å². The Morgan fingerprint density at radius 3 is 2.57 bits per heavy atom. The molecule has 122 valence electrons. The van der Waals surface area contributed by atoms with Gasteiger partial charge in [0.05, 0.1) is 6.54 Å². The molecule has 5 nitrogen and oxygen atoms in total. The van der Waals surface area contributed by atoms with Crippen molar-refractivity contribution in [1.29, 1.82) is 0 Å². The molecule has 1 aliphatic rings. The largest absolute Gasteiger partial charge is 0.338 e. The molecule has 1 aromatic heterocycles. The van der Waals surface area contributed by atoms with Crippen molar-refractivity contribution in [3.05, 3.63) is 35.9 Å². The van der Waals surface area contributed by atoms with Gasteiger partial charge < -0.3 is 4.52 Å². The highest BCUT2D eigenvalue weighted by molar-refractivity contribution is 5.92. The van der Waals surface area contributed by atoms with Crippen molar-refractivity contribution in [2.24, 2.45) is 0 Å². The van der Waals surface area contributed by atoms with Gasteiger partial charge in [-0.25, -0.2) is 0 Å². The molecule has 1 amide bonds. The molecule has 0 saturated carbocycles. The quantitative estimate of drug-likeness (QED) is 0.939. The van der Waals surface area contributed by atoms with Gasteiger partial charge in [-0.15, -0.1) is 0 Å². The van der Waals surface area contributed by atoms with E-state index in [1.807, 2.05) is 37.3 Å². The first kappa shape index (κ1) is 15.7. The maximum atomic E-state index is 12.3. The van der Waals surface area contributed by atoms with Crippen molar-refractivity contribution in [3.63, 3.8) is 0 Å². The number of anilines is 1. The van der Waals surface area contributed by atoms with Crippen molar-refractivity contribution in [1.82, 2.24) is 10.1 Å². The van der Waals surface area contributed by atoms with Crippen LogP contribution in [0.4, 0.5) is 5.88 Å². The maximum Gasteiger partial charge on any atom is 0.240 e. The minimum Gasteiger partial charge on any atom is -0.338 e. The van der Waals surface area contributed by atoms with Crippen LogP contribution in [0.1, 0.15) is 31.2 Å². The number of likely N-dealkylation sites (tertiary alicyclic amines) is 1. The van der Waals surface area contributed by atoms with Gasteiger partial charge in [-0.1, -0.05) is 48.3 Å². The zero-order chi connectivity index (χ0) is 16.1. The van der Waals surface area contributed by atoms with Gasteiger partial charge in [0.1, 0.15) is 5.69 Å². The molecule has 3 rings (SSSR count). The summed E-state index contributed by atoms with van der Waals surface area (Å²) in [4.78, 5) is 14.5. The van der Waals surface area contributed by atoms with Crippen LogP contribution in [0.2, 0.25) is 0 Å². The average Bonchev–Trinajstić information content (AvgIpc) is 2.76. The highest BCUT2D eigenvalue weighted by Gasteiger charge is 2.18. The first-order valence-corrected chi connectivity index (χ1v) is 8.28. The minimum absolute atomic E-state index is 0.0363. The number of aromatic nitrogens is 1. The third kappa shape index (κ3) is 3.99. The van der Waals surface area contributed by atoms with Crippen LogP contribution >= 0.6 is 0 Å². The van der Waals surface area contributed by atoms with Gasteiger partial charge in [-0.2, -0.15) is 0 Å². The number of amides is 1. The van der Waals surface area contributed by atoms with Crippen LogP contribution in [0.25, 0.3) is 11.3 Å². The lowest BCUT2D eigenvalue weighted by Gasteiger charge is -2.18. The van der Waals surface area contributed by atoms with Crippen molar-refractivity contribution in [2.75, 3.05) is 25.0 Å². The maximum absolute atomic E-state index is 12.3. The first-order valence-electron chi connectivity index (χ1n) is 8.28. The fourth-order valence-corrected chi connectivity index (χ4v) is 2.98. The predicted molar refractivity (Wildman–Crippen MR) is 90.2 cm³/mol. The van der Waals surface area contributed by atoms with Gasteiger partial charge in [0.25, 0.3) is 0 Å². The number of nitrogens with zero attached hydrogens (tertiary/aromatic N) is 2. The third-order valence-corrected chi connectivity index (χ3v) is 4.29. The molecule has 0 bridgehead atoms. The van der Waals surface area contributed by atoms with Gasteiger partial charge in [0.15, 0.2) is 0 Å². The van der Waals surface area contributed by atoms with Gasteiger partial charge in [0.2, 0.25) is 11.8 Å². The lowest BCUT2D eigenvalue weighted by molar-refractivity contribution is -0.117. The molecule has 0 aliphatic carbocycles. The van der Waals surface area contributed by atoms with Crippen LogP contribution in [0, 0.1) is 6.92 Å². The summed E-state index contributed by atoms with van der Waals surface area (Å²) in [6.45, 7) is 4.33. The van der Waals surface area contributed by atoms with E-state index in [2.05, 4.69) is 15.4 Å². The summed E-state index contributed by atoms with van der Waals surface area (Å²) in [5.41, 5.74) is 2.62. The van der Waals surface area contributed by atoms with Crippen LogP contribution in [-0.2, 0) is 4.79 Å². The lowest BCUT2D eigenvalue weighted by atomic mass is 10.1. The number of carbonyl (C=O) groups excluding carboxylic acids is 1. The molecule has 1 aliphatic heterocycles. The monoisotopic (exact) mass is 313 g/mol. The van der Waals surface area contributed by atoms with E-state index in [-0.39, 0.29) is 5.91 Å². The second kappa shape index (κ2) is 7.42. The van der Waals surface area contributed by atoms with E-state index >= 15 is 0 Å². The molecule has 1 N–H and O–H groups in total. The summed E-state index contributed by atoms with van der Waals surface area (Å²) in [6.07, 6.45) is 4.87. The smallest absolute Gasteiger partial charge is 0.240 e. The summed E-state index contributed by atoms with van der Waals surface area (Å²) < 4.78 is 5.33. The Labute approximate surface area is 136 Å². The number of rotatable bonds is 4. The highest BCUT2D eigenvalue weighted by Crippen LogP contribution is 2.27. The fourth-order valence-electron chi connectivity index (χ4n) is 2.98. The molecular formula is C18H23N3O2. The van der Waals surface area contributed by atoms with E-state index in [9.17, 15) is 4.79 Å². The highest BCUT2D eigenvalue weighted by atomic mass is 16.5. The van der Waals surface area contributed by atoms with Gasteiger partial charge in [0, 0.05) is 11.1 Å². The Morgan fingerprint density at radius 2 is 1.87 bits per heavy atom. The van der Waals surface area contributed by atoms with Crippen molar-refractivity contribution < 1.29 is 9.32 Å². The zero-order valence-corrected chi connectivity index (χ0v) is 13.5. The van der Waals surface area contributed by atoms with Crippen LogP contribution in [-0.4, -0.2) is 35.6 Å². The van der Waals surface area contributed by atoms with Gasteiger partial charge in [-0.3, -0.25) is 15.0 Å². The van der Waals surface area contributed by atoms with Crippen molar-refractivity contribution >= 4 is 11.8 Å². The summed E-state index contributed by atoms with van der Waals surface area (Å²) in [7, 11) is 0. The molecule has 1 fully saturated rings. The zero-order valence-electron chi connectivity index (χ0n) is 13.5. The normalized spacial score (nSPS) is 16.0. The standard InChI is InChI=1S/C18H23N3O2/c1-14-17(15-9-5-4-6-10-15)20-23-18(14)19-16(22)13-21-11-7-2-3-8-12-21/h4-6,9-10H,2-3,7-8,11-13H2,1H3,(H,19,22). The molecule has 0 atom stereocenters. The van der Waals surface area contributed by atoms with E-state index in [0.717, 1.165) is 29.9 Å². The minimum atomic E-state index is -0.0363. The van der Waals surface area contributed by atoms with Crippen LogP contribution in [0.3, 0.4) is 0 Å². The first-order chi connectivity index (χ1) is 11.2. The molecule has 1 aromatic carbocycles. The van der Waals surface area contributed by atoms with Crippen molar-refractivity contribution in [3.8, 4) is 11.3 Å². The molecule has 2 aromatic rings. The molecule has 23 heavy (non-hydrogen) atoms. The molecule has 0 unspecified atom stereocenters. The average molecular weight is 313 g/mol. The van der Waals surface area contributed by atoms with Gasteiger partial charge in [-0.05, 0) is 32.9 Å². The summed E-state index contributed by atoms with van der Waals surface area (Å²) in [5.74, 6) is 0.412. The SMILES string of the molecule is Cc1c(-c2ccccc2)noc1NC(=O)CN1CCCCCC1. The lowest BCUT2D eigenvalue weighted by Crippen LogP contribution is -2.33. The molecule has 0 spiro atoms. The Morgan fingerprint density at radius 1 is 1.17 bits per heavy atom. The Hall–Kier alpha value is -2.14. The summed E-state index contributed by atoms with van der Waals surface area (Å²) in [6, 6.07) is 9.84. The van der Waals surface area contributed by atoms with E-state index < -0.39 is 0 Å². The number of carbonyl (C=O) groups is 1. The number of hydrogen-bond acceptors (Lipinski definition) is 4. The Kier molecular flexibility index (Phi) is 5.08. The fraction of sp³-hybridized carbons (Fsp3) is 0.444. The van der Waals surface area contributed by atoms with E-state index in [1.165, 1.54) is 25.7 Å². The molecule has 2 heterocycles. The number of benzene rings is 1. The second-order valence-corrected chi connectivity index (χ2v) is 6.09. The molecule has 0 radical (unpaired) electrons. The van der Waals surface area contributed by atoms with Crippen LogP contribution in [0.15, 0.2) is 34.9 Å². The third-order valence-electron chi connectivity index (χ3n) is 4.29. The Bertz CT molecular complexity index is 644. The van der Waals surface area contributed by atoms with Gasteiger partial charge >= 0.3 is 0 Å². The summed E-state index contributed by atoms with van der Waals surface area (Å²) in [5, 5.41) is 6.96.